The van der Waals surface area contributed by atoms with Crippen LogP contribution in [-0.2, 0) is 9.53 Å². The average molecular weight is 239 g/mol. The lowest BCUT2D eigenvalue weighted by molar-refractivity contribution is -0.149. The first kappa shape index (κ1) is 12.9. The number of esters is 1. The quantitative estimate of drug-likeness (QED) is 0.724. The first-order valence-corrected chi connectivity index (χ1v) is 7.19. The van der Waals surface area contributed by atoms with Gasteiger partial charge in [0, 0.05) is 6.04 Å². The molecule has 2 aliphatic rings. The second-order valence-electron chi connectivity index (χ2n) is 5.49. The molecule has 0 bridgehead atoms. The van der Waals surface area contributed by atoms with E-state index in [1.807, 2.05) is 6.92 Å². The maximum atomic E-state index is 11.6. The van der Waals surface area contributed by atoms with E-state index in [0.29, 0.717) is 12.6 Å². The van der Waals surface area contributed by atoms with Crippen LogP contribution in [0.4, 0.5) is 0 Å². The molecule has 2 fully saturated rings. The van der Waals surface area contributed by atoms with E-state index >= 15 is 0 Å². The molecule has 0 heterocycles. The van der Waals surface area contributed by atoms with E-state index < -0.39 is 0 Å². The van der Waals surface area contributed by atoms with Crippen molar-refractivity contribution in [2.75, 3.05) is 13.2 Å². The lowest BCUT2D eigenvalue weighted by Crippen LogP contribution is -2.36. The molecule has 2 aliphatic carbocycles. The van der Waals surface area contributed by atoms with E-state index in [1.165, 1.54) is 25.8 Å². The zero-order chi connectivity index (χ0) is 12.1. The van der Waals surface area contributed by atoms with Crippen LogP contribution < -0.4 is 5.32 Å². The number of hydrogen-bond donors (Lipinski definition) is 1. The van der Waals surface area contributed by atoms with E-state index in [4.69, 9.17) is 4.74 Å². The lowest BCUT2D eigenvalue weighted by Gasteiger charge is -2.28. The Balaban J connectivity index is 1.58. The summed E-state index contributed by atoms with van der Waals surface area (Å²) in [6, 6.07) is 0.638. The largest absolute Gasteiger partial charge is 0.466 e. The van der Waals surface area contributed by atoms with E-state index in [2.05, 4.69) is 5.32 Å². The van der Waals surface area contributed by atoms with Gasteiger partial charge in [0.15, 0.2) is 0 Å². The highest BCUT2D eigenvalue weighted by molar-refractivity contribution is 5.72. The van der Waals surface area contributed by atoms with Crippen LogP contribution in [0.3, 0.4) is 0 Å². The molecule has 0 aromatic carbocycles. The highest BCUT2D eigenvalue weighted by Crippen LogP contribution is 2.32. The van der Waals surface area contributed by atoms with Gasteiger partial charge in [0.1, 0.15) is 0 Å². The Hall–Kier alpha value is -0.570. The molecule has 0 atom stereocenters. The van der Waals surface area contributed by atoms with E-state index in [0.717, 1.165) is 31.6 Å². The van der Waals surface area contributed by atoms with Gasteiger partial charge in [0.25, 0.3) is 0 Å². The van der Waals surface area contributed by atoms with Crippen LogP contribution in [0.5, 0.6) is 0 Å². The molecule has 0 unspecified atom stereocenters. The maximum Gasteiger partial charge on any atom is 0.308 e. The van der Waals surface area contributed by atoms with Gasteiger partial charge in [-0.25, -0.2) is 0 Å². The summed E-state index contributed by atoms with van der Waals surface area (Å²) in [5.74, 6) is 1.19. The van der Waals surface area contributed by atoms with Crippen LogP contribution in [0.2, 0.25) is 0 Å². The first-order valence-electron chi connectivity index (χ1n) is 7.19. The number of ether oxygens (including phenoxy) is 1. The van der Waals surface area contributed by atoms with Crippen molar-refractivity contribution in [2.24, 2.45) is 11.8 Å². The fraction of sp³-hybridized carbons (Fsp3) is 0.929. The summed E-state index contributed by atoms with van der Waals surface area (Å²) >= 11 is 0. The van der Waals surface area contributed by atoms with Crippen molar-refractivity contribution in [1.29, 1.82) is 0 Å². The molecule has 0 aromatic rings. The van der Waals surface area contributed by atoms with E-state index in [-0.39, 0.29) is 11.9 Å². The van der Waals surface area contributed by atoms with E-state index in [1.54, 1.807) is 0 Å². The molecule has 3 nitrogen and oxygen atoms in total. The van der Waals surface area contributed by atoms with Gasteiger partial charge in [-0.1, -0.05) is 12.8 Å². The Morgan fingerprint density at radius 1 is 1.18 bits per heavy atom. The van der Waals surface area contributed by atoms with Crippen molar-refractivity contribution in [3.8, 4) is 0 Å². The Morgan fingerprint density at radius 2 is 1.88 bits per heavy atom. The highest BCUT2D eigenvalue weighted by Gasteiger charge is 2.27. The average Bonchev–Trinajstić information content (AvgIpc) is 3.14. The lowest BCUT2D eigenvalue weighted by atomic mass is 9.86. The Labute approximate surface area is 104 Å². The number of hydrogen-bond acceptors (Lipinski definition) is 3. The second kappa shape index (κ2) is 6.39. The molecule has 2 rings (SSSR count). The van der Waals surface area contributed by atoms with Crippen LogP contribution in [0.15, 0.2) is 0 Å². The number of rotatable bonds is 6. The molecule has 1 N–H and O–H groups in total. The summed E-state index contributed by atoms with van der Waals surface area (Å²) < 4.78 is 5.08. The molecule has 2 saturated carbocycles. The van der Waals surface area contributed by atoms with Gasteiger partial charge in [-0.3, -0.25) is 4.79 Å². The number of carbonyl (C=O) groups excluding carboxylic acids is 1. The van der Waals surface area contributed by atoms with Crippen molar-refractivity contribution in [2.45, 2.75) is 57.9 Å². The molecule has 0 radical (unpaired) electrons. The molecule has 0 saturated heterocycles. The van der Waals surface area contributed by atoms with Gasteiger partial charge in [-0.05, 0) is 51.5 Å². The summed E-state index contributed by atoms with van der Waals surface area (Å²) in [5, 5.41) is 3.63. The minimum absolute atomic E-state index is 0.0175. The van der Waals surface area contributed by atoms with Crippen LogP contribution in [0.25, 0.3) is 0 Å². The van der Waals surface area contributed by atoms with Crippen LogP contribution >= 0.6 is 0 Å². The van der Waals surface area contributed by atoms with Crippen LogP contribution in [0.1, 0.15) is 51.9 Å². The van der Waals surface area contributed by atoms with Crippen LogP contribution in [-0.4, -0.2) is 25.2 Å². The molecular formula is C14H25NO2. The van der Waals surface area contributed by atoms with Crippen molar-refractivity contribution in [3.63, 3.8) is 0 Å². The monoisotopic (exact) mass is 239 g/mol. The molecule has 0 aliphatic heterocycles. The Morgan fingerprint density at radius 3 is 2.47 bits per heavy atom. The highest BCUT2D eigenvalue weighted by atomic mass is 16.5. The third kappa shape index (κ3) is 4.30. The molecule has 17 heavy (non-hydrogen) atoms. The Bertz CT molecular complexity index is 243. The minimum atomic E-state index is 0.0175. The fourth-order valence-corrected chi connectivity index (χ4v) is 2.69. The number of carbonyl (C=O) groups is 1. The van der Waals surface area contributed by atoms with Crippen molar-refractivity contribution in [3.05, 3.63) is 0 Å². The molecule has 98 valence electrons. The van der Waals surface area contributed by atoms with Crippen LogP contribution in [0, 0.1) is 11.8 Å². The van der Waals surface area contributed by atoms with Gasteiger partial charge < -0.3 is 10.1 Å². The summed E-state index contributed by atoms with van der Waals surface area (Å²) in [4.78, 5) is 11.6. The number of nitrogens with one attached hydrogen (secondary N) is 1. The zero-order valence-electron chi connectivity index (χ0n) is 10.9. The van der Waals surface area contributed by atoms with E-state index in [9.17, 15) is 4.79 Å². The molecule has 0 aromatic heterocycles. The third-order valence-electron chi connectivity index (χ3n) is 4.03. The zero-order valence-corrected chi connectivity index (χ0v) is 10.9. The molecule has 0 amide bonds. The Kier molecular flexibility index (Phi) is 4.84. The smallest absolute Gasteiger partial charge is 0.308 e. The van der Waals surface area contributed by atoms with Crippen molar-refractivity contribution >= 4 is 5.97 Å². The summed E-state index contributed by atoms with van der Waals surface area (Å²) in [6.45, 7) is 3.56. The van der Waals surface area contributed by atoms with Gasteiger partial charge in [0.2, 0.25) is 0 Å². The van der Waals surface area contributed by atoms with Crippen molar-refractivity contribution < 1.29 is 9.53 Å². The van der Waals surface area contributed by atoms with Gasteiger partial charge in [-0.2, -0.15) is 0 Å². The van der Waals surface area contributed by atoms with Crippen molar-refractivity contribution in [1.82, 2.24) is 5.32 Å². The van der Waals surface area contributed by atoms with Gasteiger partial charge in [-0.15, -0.1) is 0 Å². The SMILES string of the molecule is CCOC(=O)C1CCC(NCCC2CC2)CC1. The second-order valence-corrected chi connectivity index (χ2v) is 5.49. The normalized spacial score (nSPS) is 29.0. The summed E-state index contributed by atoms with van der Waals surface area (Å²) in [6.07, 6.45) is 8.49. The first-order chi connectivity index (χ1) is 8.29. The molecule has 3 heteroatoms. The minimum Gasteiger partial charge on any atom is -0.466 e. The van der Waals surface area contributed by atoms with Gasteiger partial charge >= 0.3 is 5.97 Å². The standard InChI is InChI=1S/C14H25NO2/c1-2-17-14(16)12-5-7-13(8-6-12)15-10-9-11-3-4-11/h11-13,15H,2-10H2,1H3. The predicted molar refractivity (Wildman–Crippen MR) is 67.7 cm³/mol. The topological polar surface area (TPSA) is 38.3 Å². The van der Waals surface area contributed by atoms with Gasteiger partial charge in [0.05, 0.1) is 12.5 Å². The summed E-state index contributed by atoms with van der Waals surface area (Å²) in [7, 11) is 0. The molecule has 0 spiro atoms. The third-order valence-corrected chi connectivity index (χ3v) is 4.03. The summed E-state index contributed by atoms with van der Waals surface area (Å²) in [5.41, 5.74) is 0. The maximum absolute atomic E-state index is 11.6. The molecular weight excluding hydrogens is 214 g/mol. The fourth-order valence-electron chi connectivity index (χ4n) is 2.69. The predicted octanol–water partition coefficient (Wildman–Crippen LogP) is 2.50.